The van der Waals surface area contributed by atoms with Crippen molar-refractivity contribution in [2.75, 3.05) is 13.1 Å². The van der Waals surface area contributed by atoms with Crippen LogP contribution < -0.4 is 4.72 Å². The molecule has 2 aromatic rings. The van der Waals surface area contributed by atoms with Crippen molar-refractivity contribution < 1.29 is 8.42 Å². The number of rotatable bonds is 7. The highest BCUT2D eigenvalue weighted by atomic mass is 32.2. The maximum Gasteiger partial charge on any atom is 0.240 e. The summed E-state index contributed by atoms with van der Waals surface area (Å²) in [7, 11) is -3.47. The fraction of sp³-hybridized carbons (Fsp3) is 0.250. The second kappa shape index (κ2) is 6.69. The number of aliphatic imine (C=N–C) groups is 1. The number of aromatic nitrogens is 2. The van der Waals surface area contributed by atoms with Gasteiger partial charge in [0.05, 0.1) is 4.90 Å². The summed E-state index contributed by atoms with van der Waals surface area (Å²) in [6.07, 6.45) is 0.630. The van der Waals surface area contributed by atoms with E-state index in [9.17, 15) is 8.42 Å². The molecule has 0 bridgehead atoms. The first kappa shape index (κ1) is 14.8. The summed E-state index contributed by atoms with van der Waals surface area (Å²) in [5, 5.41) is 5.75. The van der Waals surface area contributed by atoms with Crippen LogP contribution in [-0.4, -0.2) is 37.8 Å². The van der Waals surface area contributed by atoms with Crippen LogP contribution in [0.25, 0.3) is 11.3 Å². The molecule has 0 atom stereocenters. The summed E-state index contributed by atoms with van der Waals surface area (Å²) in [6.45, 7) is 4.24. The molecule has 20 heavy (non-hydrogen) atoms. The molecule has 1 aromatic carbocycles. The fourth-order valence-electron chi connectivity index (χ4n) is 1.58. The molecule has 0 aliphatic rings. The molecular formula is C12H14N4O2S2. The zero-order valence-corrected chi connectivity index (χ0v) is 12.3. The van der Waals surface area contributed by atoms with Gasteiger partial charge in [0.15, 0.2) is 0 Å². The van der Waals surface area contributed by atoms with Gasteiger partial charge in [0.2, 0.25) is 10.0 Å². The minimum absolute atomic E-state index is 0.232. The Morgan fingerprint density at radius 2 is 2.05 bits per heavy atom. The Bertz CT molecular complexity index is 651. The SMILES string of the molecule is C=NCCCNS(=O)(=O)c1ccc(-c2csnn2)cc1. The van der Waals surface area contributed by atoms with E-state index < -0.39 is 10.0 Å². The molecule has 1 aromatic heterocycles. The third-order valence-electron chi connectivity index (χ3n) is 2.61. The third-order valence-corrected chi connectivity index (χ3v) is 4.59. The molecular weight excluding hydrogens is 296 g/mol. The first-order chi connectivity index (χ1) is 9.63. The number of benzene rings is 1. The number of nitrogens with one attached hydrogen (secondary N) is 1. The van der Waals surface area contributed by atoms with Gasteiger partial charge in [-0.1, -0.05) is 16.6 Å². The quantitative estimate of drug-likeness (QED) is 0.621. The lowest BCUT2D eigenvalue weighted by Crippen LogP contribution is -2.25. The van der Waals surface area contributed by atoms with Crippen molar-refractivity contribution in [3.05, 3.63) is 29.6 Å². The monoisotopic (exact) mass is 310 g/mol. The first-order valence-corrected chi connectivity index (χ1v) is 8.25. The second-order valence-electron chi connectivity index (χ2n) is 4.01. The second-order valence-corrected chi connectivity index (χ2v) is 6.39. The van der Waals surface area contributed by atoms with Gasteiger partial charge in [0.25, 0.3) is 0 Å². The molecule has 0 spiro atoms. The summed E-state index contributed by atoms with van der Waals surface area (Å²) >= 11 is 1.25. The van der Waals surface area contributed by atoms with Gasteiger partial charge in [0.1, 0.15) is 5.69 Å². The Kier molecular flexibility index (Phi) is 4.94. The third kappa shape index (κ3) is 3.69. The van der Waals surface area contributed by atoms with E-state index in [-0.39, 0.29) is 4.90 Å². The predicted molar refractivity (Wildman–Crippen MR) is 79.6 cm³/mol. The lowest BCUT2D eigenvalue weighted by molar-refractivity contribution is 0.579. The molecule has 0 aliphatic carbocycles. The largest absolute Gasteiger partial charge is 0.301 e. The van der Waals surface area contributed by atoms with Crippen LogP contribution in [-0.2, 0) is 10.0 Å². The molecule has 0 aliphatic heterocycles. The van der Waals surface area contributed by atoms with Gasteiger partial charge in [-0.3, -0.25) is 0 Å². The molecule has 1 heterocycles. The smallest absolute Gasteiger partial charge is 0.240 e. The van der Waals surface area contributed by atoms with Crippen LogP contribution in [0.5, 0.6) is 0 Å². The Hall–Kier alpha value is -1.64. The molecule has 0 radical (unpaired) electrons. The van der Waals surface area contributed by atoms with Crippen molar-refractivity contribution in [1.82, 2.24) is 14.3 Å². The Morgan fingerprint density at radius 1 is 1.30 bits per heavy atom. The van der Waals surface area contributed by atoms with E-state index in [1.54, 1.807) is 24.3 Å². The standard InChI is InChI=1S/C12H14N4O2S2/c1-13-7-2-8-14-20(17,18)11-5-3-10(4-6-11)12-9-19-16-15-12/h3-6,9,14H,1-2,7-8H2. The molecule has 0 saturated heterocycles. The Morgan fingerprint density at radius 3 is 2.65 bits per heavy atom. The van der Waals surface area contributed by atoms with Gasteiger partial charge in [0, 0.05) is 24.0 Å². The van der Waals surface area contributed by atoms with Crippen LogP contribution >= 0.6 is 11.5 Å². The maximum atomic E-state index is 12.0. The molecule has 8 heteroatoms. The molecule has 106 valence electrons. The van der Waals surface area contributed by atoms with Crippen LogP contribution in [0.1, 0.15) is 6.42 Å². The van der Waals surface area contributed by atoms with Crippen LogP contribution in [0.3, 0.4) is 0 Å². The van der Waals surface area contributed by atoms with E-state index in [2.05, 4.69) is 26.0 Å². The topological polar surface area (TPSA) is 84.3 Å². The van der Waals surface area contributed by atoms with E-state index in [1.165, 1.54) is 11.5 Å². The molecule has 2 rings (SSSR count). The number of hydrogen-bond acceptors (Lipinski definition) is 6. The highest BCUT2D eigenvalue weighted by Crippen LogP contribution is 2.19. The van der Waals surface area contributed by atoms with E-state index in [4.69, 9.17) is 0 Å². The van der Waals surface area contributed by atoms with Gasteiger partial charge in [-0.05, 0) is 36.8 Å². The Labute approximate surface area is 121 Å². The summed E-state index contributed by atoms with van der Waals surface area (Å²) in [5.41, 5.74) is 1.58. The normalized spacial score (nSPS) is 11.4. The summed E-state index contributed by atoms with van der Waals surface area (Å²) in [6, 6.07) is 6.55. The number of hydrogen-bond donors (Lipinski definition) is 1. The van der Waals surface area contributed by atoms with E-state index >= 15 is 0 Å². The predicted octanol–water partition coefficient (Wildman–Crippen LogP) is 1.57. The molecule has 0 fully saturated rings. The van der Waals surface area contributed by atoms with Crippen molar-refractivity contribution in [2.24, 2.45) is 4.99 Å². The first-order valence-electron chi connectivity index (χ1n) is 5.93. The van der Waals surface area contributed by atoms with Gasteiger partial charge in [-0.25, -0.2) is 13.1 Å². The molecule has 1 N–H and O–H groups in total. The van der Waals surface area contributed by atoms with Crippen molar-refractivity contribution in [3.8, 4) is 11.3 Å². The molecule has 0 unspecified atom stereocenters. The summed E-state index contributed by atoms with van der Waals surface area (Å²) in [4.78, 5) is 3.90. The fourth-order valence-corrected chi connectivity index (χ4v) is 3.12. The highest BCUT2D eigenvalue weighted by Gasteiger charge is 2.13. The van der Waals surface area contributed by atoms with Gasteiger partial charge >= 0.3 is 0 Å². The van der Waals surface area contributed by atoms with Gasteiger partial charge < -0.3 is 4.99 Å². The number of nitrogens with zero attached hydrogens (tertiary/aromatic N) is 3. The van der Waals surface area contributed by atoms with E-state index in [0.29, 0.717) is 19.5 Å². The lowest BCUT2D eigenvalue weighted by Gasteiger charge is -2.06. The summed E-state index contributed by atoms with van der Waals surface area (Å²) < 4.78 is 30.3. The van der Waals surface area contributed by atoms with Crippen molar-refractivity contribution >= 4 is 28.3 Å². The van der Waals surface area contributed by atoms with E-state index in [1.807, 2.05) is 5.38 Å². The Balaban J connectivity index is 2.07. The zero-order valence-electron chi connectivity index (χ0n) is 10.7. The average molecular weight is 310 g/mol. The van der Waals surface area contributed by atoms with Crippen LogP contribution in [0.15, 0.2) is 39.5 Å². The average Bonchev–Trinajstić information content (AvgIpc) is 2.98. The van der Waals surface area contributed by atoms with Gasteiger partial charge in [-0.15, -0.1) is 5.10 Å². The van der Waals surface area contributed by atoms with Crippen molar-refractivity contribution in [3.63, 3.8) is 0 Å². The summed E-state index contributed by atoms with van der Waals surface area (Å²) in [5.74, 6) is 0. The van der Waals surface area contributed by atoms with Crippen LogP contribution in [0.4, 0.5) is 0 Å². The number of sulfonamides is 1. The molecule has 0 amide bonds. The van der Waals surface area contributed by atoms with Gasteiger partial charge in [-0.2, -0.15) is 0 Å². The maximum absolute atomic E-state index is 12.0. The minimum atomic E-state index is -3.47. The minimum Gasteiger partial charge on any atom is -0.301 e. The van der Waals surface area contributed by atoms with Crippen molar-refractivity contribution in [2.45, 2.75) is 11.3 Å². The zero-order chi connectivity index (χ0) is 14.4. The molecule has 0 saturated carbocycles. The van der Waals surface area contributed by atoms with E-state index in [0.717, 1.165) is 11.3 Å². The van der Waals surface area contributed by atoms with Crippen molar-refractivity contribution in [1.29, 1.82) is 0 Å². The highest BCUT2D eigenvalue weighted by molar-refractivity contribution is 7.89. The lowest BCUT2D eigenvalue weighted by atomic mass is 10.2. The van der Waals surface area contributed by atoms with Crippen LogP contribution in [0, 0.1) is 0 Å². The molecule has 6 nitrogen and oxygen atoms in total. The van der Waals surface area contributed by atoms with Crippen LogP contribution in [0.2, 0.25) is 0 Å².